The van der Waals surface area contributed by atoms with Crippen LogP contribution in [0.4, 0.5) is 22.7 Å². The van der Waals surface area contributed by atoms with Gasteiger partial charge in [0.1, 0.15) is 11.5 Å². The third kappa shape index (κ3) is 9.24. The van der Waals surface area contributed by atoms with Gasteiger partial charge in [0.15, 0.2) is 0 Å². The zero-order valence-electron chi connectivity index (χ0n) is 23.8. The predicted molar refractivity (Wildman–Crippen MR) is 165 cm³/mol. The van der Waals surface area contributed by atoms with Crippen molar-refractivity contribution in [3.8, 4) is 0 Å². The van der Waals surface area contributed by atoms with Crippen molar-refractivity contribution in [2.45, 2.75) is 65.2 Å². The van der Waals surface area contributed by atoms with E-state index in [0.717, 1.165) is 81.5 Å². The number of carbonyl (C=O) groups excluding carboxylic acids is 1. The van der Waals surface area contributed by atoms with Crippen molar-refractivity contribution in [2.75, 3.05) is 42.3 Å². The molecule has 0 fully saturated rings. The molecule has 0 heterocycles. The van der Waals surface area contributed by atoms with Crippen molar-refractivity contribution in [1.29, 1.82) is 0 Å². The van der Waals surface area contributed by atoms with E-state index in [4.69, 9.17) is 10.2 Å². The summed E-state index contributed by atoms with van der Waals surface area (Å²) in [6.07, 6.45) is 8.03. The minimum Gasteiger partial charge on any atom is -0.505 e. The molecule has 0 saturated carbocycles. The summed E-state index contributed by atoms with van der Waals surface area (Å²) in [7, 11) is 0. The Morgan fingerprint density at radius 3 is 1.65 bits per heavy atom. The molecule has 0 unspecified atom stereocenters. The normalized spacial score (nSPS) is 14.7. The lowest BCUT2D eigenvalue weighted by atomic mass is 9.93. The SMILES string of the molecule is CC1=C(O)/C(=N\c2ccc(NCCCCCCO)cc2)C(C)=C(Nc2ccc(NCCCCCCO)cc2)C1=O. The quantitative estimate of drug-likeness (QED) is 0.0985. The highest BCUT2D eigenvalue weighted by Crippen LogP contribution is 2.28. The number of unbranched alkanes of at least 4 members (excludes halogenated alkanes) is 6. The van der Waals surface area contributed by atoms with Crippen LogP contribution >= 0.6 is 0 Å². The lowest BCUT2D eigenvalue weighted by Crippen LogP contribution is -2.26. The number of benzene rings is 2. The van der Waals surface area contributed by atoms with Crippen LogP contribution in [-0.2, 0) is 4.79 Å². The number of anilines is 3. The zero-order chi connectivity index (χ0) is 28.7. The Labute approximate surface area is 237 Å². The van der Waals surface area contributed by atoms with Gasteiger partial charge in [0, 0.05) is 54.5 Å². The molecule has 0 bridgehead atoms. The summed E-state index contributed by atoms with van der Waals surface area (Å²) >= 11 is 0. The minimum absolute atomic E-state index is 0.100. The van der Waals surface area contributed by atoms with Gasteiger partial charge < -0.3 is 31.3 Å². The molecule has 8 heteroatoms. The van der Waals surface area contributed by atoms with Crippen LogP contribution in [0.25, 0.3) is 0 Å². The second kappa shape index (κ2) is 16.5. The number of aliphatic imine (C=N–C) groups is 1. The predicted octanol–water partition coefficient (Wildman–Crippen LogP) is 6.49. The maximum Gasteiger partial charge on any atom is 0.209 e. The van der Waals surface area contributed by atoms with E-state index in [-0.39, 0.29) is 30.3 Å². The lowest BCUT2D eigenvalue weighted by Gasteiger charge is -2.21. The van der Waals surface area contributed by atoms with Gasteiger partial charge in [-0.25, -0.2) is 4.99 Å². The van der Waals surface area contributed by atoms with E-state index in [1.807, 2.05) is 48.5 Å². The number of aliphatic hydroxyl groups excluding tert-OH is 3. The van der Waals surface area contributed by atoms with E-state index in [1.54, 1.807) is 13.8 Å². The highest BCUT2D eigenvalue weighted by atomic mass is 16.3. The summed E-state index contributed by atoms with van der Waals surface area (Å²) in [5.41, 5.74) is 5.08. The number of nitrogens with zero attached hydrogens (tertiary/aromatic N) is 1. The molecular weight excluding hydrogens is 504 g/mol. The van der Waals surface area contributed by atoms with E-state index in [9.17, 15) is 9.90 Å². The third-order valence-corrected chi connectivity index (χ3v) is 6.97. The molecule has 0 aromatic heterocycles. The first-order valence-electron chi connectivity index (χ1n) is 14.4. The molecular formula is C32H44N4O4. The molecule has 2 aromatic carbocycles. The van der Waals surface area contributed by atoms with Crippen molar-refractivity contribution in [3.05, 3.63) is 71.1 Å². The molecule has 0 amide bonds. The van der Waals surface area contributed by atoms with Gasteiger partial charge in [0.2, 0.25) is 5.78 Å². The second-order valence-corrected chi connectivity index (χ2v) is 10.1. The average molecular weight is 549 g/mol. The monoisotopic (exact) mass is 548 g/mol. The number of ketones is 1. The van der Waals surface area contributed by atoms with E-state index in [2.05, 4.69) is 20.9 Å². The average Bonchev–Trinajstić information content (AvgIpc) is 2.97. The molecule has 8 nitrogen and oxygen atoms in total. The van der Waals surface area contributed by atoms with E-state index < -0.39 is 0 Å². The standard InChI is InChI=1S/C32H44N4O4/c1-23-29(35-27-15-11-25(12-16-27)33-19-7-3-5-9-21-37)31(39)24(2)32(40)30(23)36-28-17-13-26(14-18-28)34-20-8-4-6-10-22-38/h11-18,33-35,37-38,40H,3-10,19-22H2,1-2H3/b36-30-. The molecule has 2 aromatic rings. The van der Waals surface area contributed by atoms with Gasteiger partial charge in [-0.2, -0.15) is 0 Å². The largest absolute Gasteiger partial charge is 0.505 e. The Bertz CT molecular complexity index is 1180. The number of aliphatic hydroxyl groups is 3. The lowest BCUT2D eigenvalue weighted by molar-refractivity contribution is -0.112. The Morgan fingerprint density at radius 1 is 0.650 bits per heavy atom. The Morgan fingerprint density at radius 2 is 1.12 bits per heavy atom. The van der Waals surface area contributed by atoms with Crippen LogP contribution < -0.4 is 16.0 Å². The van der Waals surface area contributed by atoms with Gasteiger partial charge in [-0.15, -0.1) is 0 Å². The van der Waals surface area contributed by atoms with Crippen LogP contribution in [0.2, 0.25) is 0 Å². The smallest absolute Gasteiger partial charge is 0.209 e. The number of hydrogen-bond acceptors (Lipinski definition) is 8. The van der Waals surface area contributed by atoms with Crippen LogP contribution in [0, 0.1) is 0 Å². The zero-order valence-corrected chi connectivity index (χ0v) is 23.8. The summed E-state index contributed by atoms with van der Waals surface area (Å²) < 4.78 is 0. The van der Waals surface area contributed by atoms with Crippen LogP contribution in [-0.4, -0.2) is 53.1 Å². The Hall–Kier alpha value is -3.62. The number of nitrogens with one attached hydrogen (secondary N) is 3. The summed E-state index contributed by atoms with van der Waals surface area (Å²) in [6.45, 7) is 5.64. The Kier molecular flexibility index (Phi) is 12.7. The van der Waals surface area contributed by atoms with Crippen LogP contribution in [0.3, 0.4) is 0 Å². The molecule has 40 heavy (non-hydrogen) atoms. The molecule has 1 aliphatic carbocycles. The fourth-order valence-electron chi connectivity index (χ4n) is 4.47. The first-order chi connectivity index (χ1) is 19.4. The molecule has 0 spiro atoms. The van der Waals surface area contributed by atoms with Gasteiger partial charge in [0.05, 0.1) is 11.4 Å². The number of Topliss-reactive ketones (excluding diaryl/α,β-unsaturated/α-hetero) is 1. The maximum absolute atomic E-state index is 13.1. The van der Waals surface area contributed by atoms with Crippen molar-refractivity contribution in [1.82, 2.24) is 0 Å². The highest BCUT2D eigenvalue weighted by Gasteiger charge is 2.29. The Balaban J connectivity index is 1.64. The molecule has 0 radical (unpaired) electrons. The number of rotatable bonds is 17. The van der Waals surface area contributed by atoms with E-state index in [1.165, 1.54) is 0 Å². The maximum atomic E-state index is 13.1. The topological polar surface area (TPSA) is 126 Å². The molecule has 6 N–H and O–H groups in total. The number of allylic oxidation sites excluding steroid dienone is 2. The fraction of sp³-hybridized carbons (Fsp3) is 0.438. The summed E-state index contributed by atoms with van der Waals surface area (Å²) in [5, 5.41) is 38.6. The number of hydrogen-bond donors (Lipinski definition) is 6. The van der Waals surface area contributed by atoms with Gasteiger partial charge in [-0.05, 0) is 88.1 Å². The minimum atomic E-state index is -0.252. The summed E-state index contributed by atoms with van der Waals surface area (Å²) in [5.74, 6) is -0.353. The summed E-state index contributed by atoms with van der Waals surface area (Å²) in [6, 6.07) is 15.5. The van der Waals surface area contributed by atoms with Crippen molar-refractivity contribution in [3.63, 3.8) is 0 Å². The molecule has 0 atom stereocenters. The summed E-state index contributed by atoms with van der Waals surface area (Å²) in [4.78, 5) is 17.7. The van der Waals surface area contributed by atoms with Gasteiger partial charge in [0.25, 0.3) is 0 Å². The molecule has 0 saturated heterocycles. The highest BCUT2D eigenvalue weighted by molar-refractivity contribution is 6.27. The molecule has 0 aliphatic heterocycles. The van der Waals surface area contributed by atoms with Crippen molar-refractivity contribution < 1.29 is 20.1 Å². The van der Waals surface area contributed by atoms with Crippen LogP contribution in [0.15, 0.2) is 76.1 Å². The third-order valence-electron chi connectivity index (χ3n) is 6.97. The number of carbonyl (C=O) groups is 1. The van der Waals surface area contributed by atoms with Gasteiger partial charge in [-0.1, -0.05) is 25.7 Å². The fourth-order valence-corrected chi connectivity index (χ4v) is 4.47. The van der Waals surface area contributed by atoms with Crippen LogP contribution in [0.5, 0.6) is 0 Å². The van der Waals surface area contributed by atoms with Crippen molar-refractivity contribution in [2.24, 2.45) is 4.99 Å². The molecule has 3 rings (SSSR count). The molecule has 216 valence electrons. The van der Waals surface area contributed by atoms with Crippen LogP contribution in [0.1, 0.15) is 65.2 Å². The van der Waals surface area contributed by atoms with Gasteiger partial charge in [-0.3, -0.25) is 4.79 Å². The van der Waals surface area contributed by atoms with E-state index in [0.29, 0.717) is 22.7 Å². The van der Waals surface area contributed by atoms with Gasteiger partial charge >= 0.3 is 0 Å². The first kappa shape index (κ1) is 30.9. The van der Waals surface area contributed by atoms with E-state index >= 15 is 0 Å². The molecule has 1 aliphatic rings. The second-order valence-electron chi connectivity index (χ2n) is 10.1. The first-order valence-corrected chi connectivity index (χ1v) is 14.4. The van der Waals surface area contributed by atoms with Crippen molar-refractivity contribution >= 4 is 34.2 Å².